The van der Waals surface area contributed by atoms with Crippen LogP contribution >= 0.6 is 24.8 Å². The summed E-state index contributed by atoms with van der Waals surface area (Å²) < 4.78 is 17.8. The fraction of sp³-hybridized carbons (Fsp3) is 0.528. The molecule has 1 aliphatic carbocycles. The minimum atomic E-state index is -0.298. The molecule has 0 unspecified atom stereocenters. The van der Waals surface area contributed by atoms with Crippen molar-refractivity contribution in [3.8, 4) is 11.8 Å². The number of carbonyl (C=O) groups excluding carboxylic acids is 1. The van der Waals surface area contributed by atoms with Gasteiger partial charge in [0.25, 0.3) is 5.91 Å². The van der Waals surface area contributed by atoms with Crippen molar-refractivity contribution >= 4 is 30.7 Å². The van der Waals surface area contributed by atoms with Gasteiger partial charge in [0.1, 0.15) is 11.9 Å². The number of hydrogen-bond donors (Lipinski definition) is 0. The van der Waals surface area contributed by atoms with Gasteiger partial charge in [-0.25, -0.2) is 0 Å². The first kappa shape index (κ1) is 35.4. The topological polar surface area (TPSA) is 80.3 Å². The predicted molar refractivity (Wildman–Crippen MR) is 186 cm³/mol. The maximum Gasteiger partial charge on any atom is 0.251 e. The van der Waals surface area contributed by atoms with Crippen molar-refractivity contribution in [2.45, 2.75) is 69.2 Å². The summed E-state index contributed by atoms with van der Waals surface area (Å²) in [5.41, 5.74) is 3.50. The Morgan fingerprint density at radius 3 is 2.19 bits per heavy atom. The summed E-state index contributed by atoms with van der Waals surface area (Å²) in [4.78, 5) is 30.5. The molecule has 9 nitrogen and oxygen atoms in total. The normalized spacial score (nSPS) is 23.0. The summed E-state index contributed by atoms with van der Waals surface area (Å²) in [5, 5.41) is 0. The Labute approximate surface area is 290 Å². The molecule has 4 fully saturated rings. The van der Waals surface area contributed by atoms with Gasteiger partial charge in [0.05, 0.1) is 19.3 Å². The zero-order chi connectivity index (χ0) is 30.8. The van der Waals surface area contributed by atoms with Gasteiger partial charge in [0, 0.05) is 69.8 Å². The number of benzene rings is 2. The molecule has 1 amide bonds. The lowest BCUT2D eigenvalue weighted by Crippen LogP contribution is -2.67. The second-order valence-corrected chi connectivity index (χ2v) is 12.8. The first-order valence-corrected chi connectivity index (χ1v) is 16.7. The average molecular weight is 685 g/mol. The zero-order valence-electron chi connectivity index (χ0n) is 27.3. The highest BCUT2D eigenvalue weighted by Gasteiger charge is 2.44. The van der Waals surface area contributed by atoms with Gasteiger partial charge in [-0.15, -0.1) is 24.8 Å². The SMILES string of the molecule is CCOc1nc(C2CC2)nc(OC)c1CN1C[C@@H]2CN(C(=O)[C@@H]3CCCO3)CCN2[C@H](C(c2ccccc2)c2ccccc2)C1.Cl.Cl. The standard InChI is InChI=1S/C36H45N5O4.2ClH/c1-3-44-35-29(34(43-2)37-33(38-35)27-16-17-27)23-39-21-28-22-40(36(42)31-15-10-20-45-31)18-19-41(28)30(24-39)32(25-11-6-4-7-12-25)26-13-8-5-9-14-26;;/h4-9,11-14,27-28,30-32H,3,10,15-24H2,1-2H3;2*1H/t28-,30+,31+;;/m1../s1. The number of aromatic nitrogens is 2. The van der Waals surface area contributed by atoms with Crippen molar-refractivity contribution in [2.24, 2.45) is 0 Å². The Balaban J connectivity index is 0.00000217. The van der Waals surface area contributed by atoms with Crippen LogP contribution < -0.4 is 9.47 Å². The number of methoxy groups -OCH3 is 1. The third-order valence-electron chi connectivity index (χ3n) is 9.83. The number of piperazine rings is 2. The first-order chi connectivity index (χ1) is 22.1. The van der Waals surface area contributed by atoms with Crippen LogP contribution in [0.1, 0.15) is 67.0 Å². The summed E-state index contributed by atoms with van der Waals surface area (Å²) in [6.45, 7) is 7.73. The van der Waals surface area contributed by atoms with E-state index in [0.29, 0.717) is 44.0 Å². The third kappa shape index (κ3) is 7.70. The Morgan fingerprint density at radius 1 is 0.915 bits per heavy atom. The lowest BCUT2D eigenvalue weighted by atomic mass is 9.81. The Kier molecular flexibility index (Phi) is 12.0. The molecule has 47 heavy (non-hydrogen) atoms. The predicted octanol–water partition coefficient (Wildman–Crippen LogP) is 5.31. The van der Waals surface area contributed by atoms with Gasteiger partial charge in [0.2, 0.25) is 11.8 Å². The highest BCUT2D eigenvalue weighted by Crippen LogP contribution is 2.41. The molecule has 0 spiro atoms. The fourth-order valence-electron chi connectivity index (χ4n) is 7.54. The van der Waals surface area contributed by atoms with Crippen LogP contribution in [0, 0.1) is 0 Å². The molecule has 0 N–H and O–H groups in total. The molecule has 3 atom stereocenters. The van der Waals surface area contributed by atoms with Crippen LogP contribution in [0.4, 0.5) is 0 Å². The van der Waals surface area contributed by atoms with Gasteiger partial charge in [-0.3, -0.25) is 14.6 Å². The number of carbonyl (C=O) groups is 1. The number of nitrogens with zero attached hydrogens (tertiary/aromatic N) is 5. The second kappa shape index (κ2) is 16.0. The summed E-state index contributed by atoms with van der Waals surface area (Å²) in [6.07, 6.45) is 3.70. The van der Waals surface area contributed by atoms with Gasteiger partial charge in [-0.2, -0.15) is 9.97 Å². The van der Waals surface area contributed by atoms with Gasteiger partial charge in [-0.05, 0) is 43.7 Å². The number of hydrogen-bond acceptors (Lipinski definition) is 8. The molecule has 1 saturated carbocycles. The molecular weight excluding hydrogens is 637 g/mol. The van der Waals surface area contributed by atoms with Crippen molar-refractivity contribution in [1.82, 2.24) is 24.7 Å². The second-order valence-electron chi connectivity index (χ2n) is 12.8. The first-order valence-electron chi connectivity index (χ1n) is 16.7. The van der Waals surface area contributed by atoms with Crippen molar-refractivity contribution in [3.63, 3.8) is 0 Å². The highest BCUT2D eigenvalue weighted by molar-refractivity contribution is 5.85. The molecule has 2 aromatic carbocycles. The number of ether oxygens (including phenoxy) is 3. The van der Waals surface area contributed by atoms with E-state index in [9.17, 15) is 4.79 Å². The molecule has 1 aromatic heterocycles. The van der Waals surface area contributed by atoms with Crippen molar-refractivity contribution in [1.29, 1.82) is 0 Å². The summed E-state index contributed by atoms with van der Waals surface area (Å²) in [6, 6.07) is 22.1. The minimum absolute atomic E-state index is 0. The average Bonchev–Trinajstić information content (AvgIpc) is 3.79. The summed E-state index contributed by atoms with van der Waals surface area (Å²) in [7, 11) is 1.69. The van der Waals surface area contributed by atoms with E-state index in [2.05, 4.69) is 75.4 Å². The Morgan fingerprint density at radius 2 is 1.60 bits per heavy atom. The Hall–Kier alpha value is -2.95. The summed E-state index contributed by atoms with van der Waals surface area (Å²) >= 11 is 0. The number of halogens is 2. The van der Waals surface area contributed by atoms with Crippen LogP contribution in [0.3, 0.4) is 0 Å². The molecule has 0 radical (unpaired) electrons. The van der Waals surface area contributed by atoms with Gasteiger partial charge >= 0.3 is 0 Å². The van der Waals surface area contributed by atoms with E-state index >= 15 is 0 Å². The quantitative estimate of drug-likeness (QED) is 0.285. The van der Waals surface area contributed by atoms with Crippen molar-refractivity contribution < 1.29 is 19.0 Å². The summed E-state index contributed by atoms with van der Waals surface area (Å²) in [5.74, 6) is 2.77. The minimum Gasteiger partial charge on any atom is -0.481 e. The maximum absolute atomic E-state index is 13.5. The largest absolute Gasteiger partial charge is 0.481 e. The molecule has 3 saturated heterocycles. The highest BCUT2D eigenvalue weighted by atomic mass is 35.5. The number of rotatable bonds is 10. The lowest BCUT2D eigenvalue weighted by Gasteiger charge is -2.53. The molecule has 4 heterocycles. The van der Waals surface area contributed by atoms with Crippen LogP contribution in [-0.4, -0.2) is 102 Å². The fourth-order valence-corrected chi connectivity index (χ4v) is 7.54. The van der Waals surface area contributed by atoms with Crippen LogP contribution in [0.2, 0.25) is 0 Å². The zero-order valence-corrected chi connectivity index (χ0v) is 29.0. The number of amides is 1. The molecule has 3 aromatic rings. The molecule has 0 bridgehead atoms. The van der Waals surface area contributed by atoms with E-state index < -0.39 is 0 Å². The molecule has 3 aliphatic heterocycles. The van der Waals surface area contributed by atoms with Gasteiger partial charge in [-0.1, -0.05) is 60.7 Å². The molecule has 4 aliphatic rings. The van der Waals surface area contributed by atoms with E-state index in [1.165, 1.54) is 11.1 Å². The third-order valence-corrected chi connectivity index (χ3v) is 9.83. The monoisotopic (exact) mass is 683 g/mol. The van der Waals surface area contributed by atoms with E-state index in [0.717, 1.165) is 63.3 Å². The lowest BCUT2D eigenvalue weighted by molar-refractivity contribution is -0.146. The van der Waals surface area contributed by atoms with Gasteiger partial charge < -0.3 is 19.1 Å². The van der Waals surface area contributed by atoms with Crippen molar-refractivity contribution in [2.75, 3.05) is 53.0 Å². The van der Waals surface area contributed by atoms with E-state index in [-0.39, 0.29) is 54.8 Å². The Bertz CT molecular complexity index is 1420. The van der Waals surface area contributed by atoms with Crippen LogP contribution in [0.15, 0.2) is 60.7 Å². The van der Waals surface area contributed by atoms with E-state index in [1.54, 1.807) is 7.11 Å². The molecular formula is C36H47Cl2N5O4. The molecule has 254 valence electrons. The molecule has 11 heteroatoms. The van der Waals surface area contributed by atoms with E-state index in [4.69, 9.17) is 24.2 Å². The maximum atomic E-state index is 13.5. The number of fused-ring (bicyclic) bond motifs is 1. The van der Waals surface area contributed by atoms with Crippen LogP contribution in [0.25, 0.3) is 0 Å². The molecule has 7 rings (SSSR count). The van der Waals surface area contributed by atoms with Crippen molar-refractivity contribution in [3.05, 3.63) is 83.2 Å². The van der Waals surface area contributed by atoms with Gasteiger partial charge in [0.15, 0.2) is 0 Å². The van der Waals surface area contributed by atoms with Crippen LogP contribution in [0.5, 0.6) is 11.8 Å². The smallest absolute Gasteiger partial charge is 0.251 e. The van der Waals surface area contributed by atoms with E-state index in [1.807, 2.05) is 6.92 Å². The van der Waals surface area contributed by atoms with Crippen LogP contribution in [-0.2, 0) is 16.1 Å².